The summed E-state index contributed by atoms with van der Waals surface area (Å²) in [4.78, 5) is 21.8. The van der Waals surface area contributed by atoms with Crippen molar-refractivity contribution in [2.75, 3.05) is 5.73 Å². The van der Waals surface area contributed by atoms with Crippen LogP contribution in [0.5, 0.6) is 5.75 Å². The lowest BCUT2D eigenvalue weighted by Gasteiger charge is -2.06. The number of carbonyl (C=O) groups is 1. The molecule has 2 aromatic heterocycles. The summed E-state index contributed by atoms with van der Waals surface area (Å²) in [7, 11) is 0. The number of thiophene rings is 1. The van der Waals surface area contributed by atoms with E-state index in [1.165, 1.54) is 17.7 Å². The molecule has 7 nitrogen and oxygen atoms in total. The Labute approximate surface area is 177 Å². The van der Waals surface area contributed by atoms with E-state index in [4.69, 9.17) is 10.5 Å². The maximum atomic E-state index is 12.5. The lowest BCUT2D eigenvalue weighted by atomic mass is 10.2. The standard InChI is InChI=1S/C22H19N5O2S/c1-14-18-20(23)24-13-25-22(18)30-19(14)21(28)27-26-11-15-7-9-17(10-8-15)29-12-16-5-3-2-4-6-16/h2-11,13H,12H2,1H3,(H,27,28)(H2,23,24,25)/b26-11-. The highest BCUT2D eigenvalue weighted by Crippen LogP contribution is 2.31. The fourth-order valence-electron chi connectivity index (χ4n) is 2.92. The van der Waals surface area contributed by atoms with E-state index in [1.54, 1.807) is 6.21 Å². The number of hydrogen-bond acceptors (Lipinski definition) is 7. The average Bonchev–Trinajstić information content (AvgIpc) is 3.12. The molecule has 0 saturated heterocycles. The van der Waals surface area contributed by atoms with Crippen LogP contribution in [-0.2, 0) is 6.61 Å². The number of nitrogens with zero attached hydrogens (tertiary/aromatic N) is 3. The minimum atomic E-state index is -0.311. The SMILES string of the molecule is Cc1c(C(=O)N/N=C\c2ccc(OCc3ccccc3)cc2)sc2ncnc(N)c12. The van der Waals surface area contributed by atoms with Crippen molar-refractivity contribution in [2.24, 2.45) is 5.10 Å². The number of aryl methyl sites for hydroxylation is 1. The van der Waals surface area contributed by atoms with Crippen molar-refractivity contribution in [1.82, 2.24) is 15.4 Å². The predicted molar refractivity (Wildman–Crippen MR) is 119 cm³/mol. The molecule has 2 heterocycles. The predicted octanol–water partition coefficient (Wildman–Crippen LogP) is 3.92. The molecule has 0 aliphatic rings. The van der Waals surface area contributed by atoms with E-state index in [1.807, 2.05) is 61.5 Å². The lowest BCUT2D eigenvalue weighted by Crippen LogP contribution is -2.17. The monoisotopic (exact) mass is 417 g/mol. The Balaban J connectivity index is 1.37. The summed E-state index contributed by atoms with van der Waals surface area (Å²) in [6.07, 6.45) is 2.97. The zero-order valence-corrected chi connectivity index (χ0v) is 17.0. The molecular formula is C22H19N5O2S. The Morgan fingerprint density at radius 1 is 1.17 bits per heavy atom. The van der Waals surface area contributed by atoms with Crippen molar-refractivity contribution < 1.29 is 9.53 Å². The van der Waals surface area contributed by atoms with Crippen molar-refractivity contribution >= 4 is 39.5 Å². The van der Waals surface area contributed by atoms with E-state index in [0.717, 1.165) is 22.4 Å². The molecule has 0 aliphatic carbocycles. The van der Waals surface area contributed by atoms with Gasteiger partial charge < -0.3 is 10.5 Å². The van der Waals surface area contributed by atoms with Gasteiger partial charge in [-0.25, -0.2) is 15.4 Å². The van der Waals surface area contributed by atoms with Gasteiger partial charge in [-0.15, -0.1) is 11.3 Å². The van der Waals surface area contributed by atoms with Gasteiger partial charge in [0.05, 0.1) is 16.5 Å². The highest BCUT2D eigenvalue weighted by Gasteiger charge is 2.17. The molecule has 1 amide bonds. The van der Waals surface area contributed by atoms with Gasteiger partial charge in [-0.05, 0) is 47.9 Å². The van der Waals surface area contributed by atoms with Crippen molar-refractivity contribution in [2.45, 2.75) is 13.5 Å². The van der Waals surface area contributed by atoms with Crippen LogP contribution >= 0.6 is 11.3 Å². The topological polar surface area (TPSA) is 102 Å². The average molecular weight is 417 g/mol. The highest BCUT2D eigenvalue weighted by molar-refractivity contribution is 7.20. The van der Waals surface area contributed by atoms with Crippen LogP contribution in [0.4, 0.5) is 5.82 Å². The molecule has 0 bridgehead atoms. The van der Waals surface area contributed by atoms with E-state index >= 15 is 0 Å². The molecule has 2 aromatic carbocycles. The molecule has 0 fully saturated rings. The van der Waals surface area contributed by atoms with E-state index in [0.29, 0.717) is 27.5 Å². The van der Waals surface area contributed by atoms with Gasteiger partial charge in [-0.2, -0.15) is 5.10 Å². The van der Waals surface area contributed by atoms with Crippen LogP contribution in [0, 0.1) is 6.92 Å². The molecule has 0 spiro atoms. The van der Waals surface area contributed by atoms with Gasteiger partial charge in [0.25, 0.3) is 5.91 Å². The third kappa shape index (κ3) is 4.28. The number of benzene rings is 2. The Kier molecular flexibility index (Phi) is 5.67. The second-order valence-electron chi connectivity index (χ2n) is 6.54. The van der Waals surface area contributed by atoms with Gasteiger partial charge in [0, 0.05) is 0 Å². The van der Waals surface area contributed by atoms with Gasteiger partial charge in [-0.1, -0.05) is 30.3 Å². The second kappa shape index (κ2) is 8.71. The summed E-state index contributed by atoms with van der Waals surface area (Å²) in [6, 6.07) is 17.4. The number of nitrogens with one attached hydrogen (secondary N) is 1. The molecule has 0 atom stereocenters. The summed E-state index contributed by atoms with van der Waals surface area (Å²) in [5, 5.41) is 4.76. The number of nitrogen functional groups attached to an aromatic ring is 1. The first-order valence-corrected chi connectivity index (χ1v) is 10.0. The van der Waals surface area contributed by atoms with Gasteiger partial charge in [0.2, 0.25) is 0 Å². The molecule has 0 unspecified atom stereocenters. The van der Waals surface area contributed by atoms with Crippen molar-refractivity contribution in [3.8, 4) is 5.75 Å². The lowest BCUT2D eigenvalue weighted by molar-refractivity contribution is 0.0958. The van der Waals surface area contributed by atoms with Crippen LogP contribution in [0.25, 0.3) is 10.2 Å². The first-order valence-electron chi connectivity index (χ1n) is 9.21. The number of aromatic nitrogens is 2. The number of ether oxygens (including phenoxy) is 1. The van der Waals surface area contributed by atoms with Crippen molar-refractivity contribution in [1.29, 1.82) is 0 Å². The van der Waals surface area contributed by atoms with Crippen LogP contribution in [0.1, 0.15) is 26.4 Å². The number of hydrogen-bond donors (Lipinski definition) is 2. The van der Waals surface area contributed by atoms with Crippen LogP contribution < -0.4 is 15.9 Å². The number of nitrogens with two attached hydrogens (primary N) is 1. The fraction of sp³-hybridized carbons (Fsp3) is 0.0909. The Hall–Kier alpha value is -3.78. The number of amides is 1. The molecule has 4 aromatic rings. The Morgan fingerprint density at radius 3 is 2.67 bits per heavy atom. The number of fused-ring (bicyclic) bond motifs is 1. The summed E-state index contributed by atoms with van der Waals surface area (Å²) in [5.41, 5.74) is 11.1. The fourth-order valence-corrected chi connectivity index (χ4v) is 3.97. The number of rotatable bonds is 6. The summed E-state index contributed by atoms with van der Waals surface area (Å²) in [5.74, 6) is 0.819. The molecule has 0 aliphatic heterocycles. The second-order valence-corrected chi connectivity index (χ2v) is 7.54. The third-order valence-electron chi connectivity index (χ3n) is 4.47. The summed E-state index contributed by atoms with van der Waals surface area (Å²) in [6.45, 7) is 2.33. The zero-order valence-electron chi connectivity index (χ0n) is 16.2. The molecule has 150 valence electrons. The van der Waals surface area contributed by atoms with Crippen molar-refractivity contribution in [3.63, 3.8) is 0 Å². The smallest absolute Gasteiger partial charge is 0.281 e. The molecule has 8 heteroatoms. The van der Waals surface area contributed by atoms with Gasteiger partial charge in [-0.3, -0.25) is 4.79 Å². The first-order chi connectivity index (χ1) is 14.6. The highest BCUT2D eigenvalue weighted by atomic mass is 32.1. The molecular weight excluding hydrogens is 398 g/mol. The third-order valence-corrected chi connectivity index (χ3v) is 5.67. The molecule has 30 heavy (non-hydrogen) atoms. The van der Waals surface area contributed by atoms with E-state index < -0.39 is 0 Å². The number of hydrazone groups is 1. The van der Waals surface area contributed by atoms with Gasteiger partial charge in [0.15, 0.2) is 0 Å². The minimum Gasteiger partial charge on any atom is -0.489 e. The van der Waals surface area contributed by atoms with Crippen LogP contribution in [-0.4, -0.2) is 22.1 Å². The van der Waals surface area contributed by atoms with Crippen molar-refractivity contribution in [3.05, 3.63) is 82.5 Å². The Bertz CT molecular complexity index is 1200. The number of carbonyl (C=O) groups excluding carboxylic acids is 1. The largest absolute Gasteiger partial charge is 0.489 e. The van der Waals surface area contributed by atoms with Crippen LogP contribution in [0.2, 0.25) is 0 Å². The molecule has 0 radical (unpaired) electrons. The van der Waals surface area contributed by atoms with Gasteiger partial charge >= 0.3 is 0 Å². The molecule has 4 rings (SSSR count). The summed E-state index contributed by atoms with van der Waals surface area (Å²) >= 11 is 1.26. The van der Waals surface area contributed by atoms with Gasteiger partial charge in [0.1, 0.15) is 29.3 Å². The Morgan fingerprint density at radius 2 is 1.93 bits per heavy atom. The normalized spacial score (nSPS) is 11.1. The maximum absolute atomic E-state index is 12.5. The molecule has 3 N–H and O–H groups in total. The van der Waals surface area contributed by atoms with E-state index in [9.17, 15) is 4.79 Å². The van der Waals surface area contributed by atoms with E-state index in [-0.39, 0.29) is 5.91 Å². The number of anilines is 1. The van der Waals surface area contributed by atoms with E-state index in [2.05, 4.69) is 20.5 Å². The zero-order chi connectivity index (χ0) is 20.9. The first kappa shape index (κ1) is 19.5. The minimum absolute atomic E-state index is 0.311. The van der Waals surface area contributed by atoms with Crippen LogP contribution in [0.15, 0.2) is 66.0 Å². The van der Waals surface area contributed by atoms with Crippen LogP contribution in [0.3, 0.4) is 0 Å². The summed E-state index contributed by atoms with van der Waals surface area (Å²) < 4.78 is 5.77. The molecule has 0 saturated carbocycles. The maximum Gasteiger partial charge on any atom is 0.281 e. The quantitative estimate of drug-likeness (QED) is 0.366.